The van der Waals surface area contributed by atoms with E-state index < -0.39 is 41.2 Å². The van der Waals surface area contributed by atoms with Crippen LogP contribution in [0.2, 0.25) is 0 Å². The van der Waals surface area contributed by atoms with Gasteiger partial charge in [0.2, 0.25) is 0 Å². The lowest BCUT2D eigenvalue weighted by Crippen LogP contribution is -2.56. The van der Waals surface area contributed by atoms with Gasteiger partial charge in [-0.05, 0) is 45.4 Å². The standard InChI is InChI=1S/C22H39NO6/c1-9-17-22(7,27)19(25)15(5)18(23)12(2)11-21(6,28-8)13(3)10-16(24)14(4)20(26)29-17/h12-15,17,19,23,25,27H,9-11H2,1-8H3/t12-,13-,14-,15+,17-,19-,21-,22-/m1/s1. The normalized spacial score (nSPS) is 43.6. The van der Waals surface area contributed by atoms with Crippen LogP contribution in [0.4, 0.5) is 0 Å². The topological polar surface area (TPSA) is 117 Å². The second kappa shape index (κ2) is 9.67. The van der Waals surface area contributed by atoms with Crippen molar-refractivity contribution in [3.63, 3.8) is 0 Å². The molecular formula is C22H39NO6. The number of Topliss-reactive ketones (excluding diaryl/α,β-unsaturated/α-hetero) is 1. The highest BCUT2D eigenvalue weighted by molar-refractivity contribution is 5.98. The summed E-state index contributed by atoms with van der Waals surface area (Å²) in [4.78, 5) is 25.3. The third kappa shape index (κ3) is 5.44. The molecule has 7 nitrogen and oxygen atoms in total. The Kier molecular flexibility index (Phi) is 8.57. The molecule has 1 saturated heterocycles. The number of methoxy groups -OCH3 is 1. The average Bonchev–Trinajstić information content (AvgIpc) is 2.67. The number of hydrogen-bond donors (Lipinski definition) is 3. The zero-order chi connectivity index (χ0) is 22.7. The van der Waals surface area contributed by atoms with Gasteiger partial charge in [-0.25, -0.2) is 0 Å². The van der Waals surface area contributed by atoms with Crippen molar-refractivity contribution in [3.8, 4) is 0 Å². The molecule has 0 spiro atoms. The fraction of sp³-hybridized carbons (Fsp3) is 0.864. The number of carbonyl (C=O) groups excluding carboxylic acids is 2. The molecule has 0 aromatic carbocycles. The van der Waals surface area contributed by atoms with Crippen molar-refractivity contribution in [1.82, 2.24) is 0 Å². The summed E-state index contributed by atoms with van der Waals surface area (Å²) in [6, 6.07) is 0. The van der Waals surface area contributed by atoms with Gasteiger partial charge in [-0.3, -0.25) is 9.59 Å². The van der Waals surface area contributed by atoms with E-state index in [1.165, 1.54) is 13.8 Å². The average molecular weight is 414 g/mol. The smallest absolute Gasteiger partial charge is 0.316 e. The third-order valence-corrected chi connectivity index (χ3v) is 6.94. The van der Waals surface area contributed by atoms with Gasteiger partial charge in [0.05, 0.1) is 11.7 Å². The molecule has 0 saturated carbocycles. The van der Waals surface area contributed by atoms with Gasteiger partial charge in [0.25, 0.3) is 0 Å². The Hall–Kier alpha value is -1.31. The number of ketones is 1. The molecule has 1 aliphatic heterocycles. The largest absolute Gasteiger partial charge is 0.459 e. The fourth-order valence-electron chi connectivity index (χ4n) is 4.20. The number of aliphatic hydroxyl groups is 2. The minimum Gasteiger partial charge on any atom is -0.459 e. The molecular weight excluding hydrogens is 374 g/mol. The minimum atomic E-state index is -1.76. The summed E-state index contributed by atoms with van der Waals surface area (Å²) in [5.74, 6) is -3.01. The predicted octanol–water partition coefficient (Wildman–Crippen LogP) is 2.75. The molecule has 0 aliphatic carbocycles. The van der Waals surface area contributed by atoms with Crippen LogP contribution < -0.4 is 0 Å². The third-order valence-electron chi connectivity index (χ3n) is 6.94. The number of carbonyl (C=O) groups is 2. The van der Waals surface area contributed by atoms with E-state index in [4.69, 9.17) is 14.9 Å². The van der Waals surface area contributed by atoms with Gasteiger partial charge in [-0.2, -0.15) is 0 Å². The first-order chi connectivity index (χ1) is 13.2. The molecule has 0 radical (unpaired) electrons. The molecule has 7 heteroatoms. The van der Waals surface area contributed by atoms with E-state index >= 15 is 0 Å². The summed E-state index contributed by atoms with van der Waals surface area (Å²) < 4.78 is 11.2. The van der Waals surface area contributed by atoms with Crippen molar-refractivity contribution in [1.29, 1.82) is 5.41 Å². The van der Waals surface area contributed by atoms with Crippen LogP contribution in [0, 0.1) is 29.1 Å². The van der Waals surface area contributed by atoms with E-state index in [0.29, 0.717) is 6.42 Å². The Balaban J connectivity index is 3.40. The number of cyclic esters (lactones) is 1. The van der Waals surface area contributed by atoms with Crippen LogP contribution in [-0.4, -0.2) is 58.2 Å². The van der Waals surface area contributed by atoms with Crippen LogP contribution in [0.1, 0.15) is 67.7 Å². The number of rotatable bonds is 2. The van der Waals surface area contributed by atoms with Crippen LogP contribution in [0.3, 0.4) is 0 Å². The van der Waals surface area contributed by atoms with Crippen molar-refractivity contribution in [2.24, 2.45) is 23.7 Å². The summed E-state index contributed by atoms with van der Waals surface area (Å²) >= 11 is 0. The van der Waals surface area contributed by atoms with Gasteiger partial charge >= 0.3 is 5.97 Å². The molecule has 1 fully saturated rings. The number of aliphatic hydroxyl groups excluding tert-OH is 1. The Labute approximate surface area is 174 Å². The van der Waals surface area contributed by atoms with Crippen molar-refractivity contribution < 1.29 is 29.3 Å². The Morgan fingerprint density at radius 3 is 2.24 bits per heavy atom. The van der Waals surface area contributed by atoms with Crippen molar-refractivity contribution in [2.45, 2.75) is 91.1 Å². The van der Waals surface area contributed by atoms with Gasteiger partial charge in [0, 0.05) is 25.2 Å². The summed E-state index contributed by atoms with van der Waals surface area (Å²) in [7, 11) is 1.58. The van der Waals surface area contributed by atoms with Crippen LogP contribution in [0.5, 0.6) is 0 Å². The maximum absolute atomic E-state index is 12.7. The molecule has 0 amide bonds. The van der Waals surface area contributed by atoms with E-state index in [9.17, 15) is 19.8 Å². The zero-order valence-corrected chi connectivity index (χ0v) is 19.1. The Morgan fingerprint density at radius 2 is 1.76 bits per heavy atom. The monoisotopic (exact) mass is 413 g/mol. The maximum atomic E-state index is 12.7. The summed E-state index contributed by atoms with van der Waals surface area (Å²) in [6.07, 6.45) is -1.41. The van der Waals surface area contributed by atoms with E-state index in [-0.39, 0.29) is 36.2 Å². The van der Waals surface area contributed by atoms with Crippen molar-refractivity contribution >= 4 is 17.5 Å². The lowest BCUT2D eigenvalue weighted by atomic mass is 9.74. The molecule has 1 rings (SSSR count). The lowest BCUT2D eigenvalue weighted by molar-refractivity contribution is -0.186. The van der Waals surface area contributed by atoms with Gasteiger partial charge in [0.1, 0.15) is 23.4 Å². The molecule has 0 bridgehead atoms. The van der Waals surface area contributed by atoms with Crippen LogP contribution >= 0.6 is 0 Å². The van der Waals surface area contributed by atoms with E-state index in [1.54, 1.807) is 21.0 Å². The summed E-state index contributed by atoms with van der Waals surface area (Å²) in [6.45, 7) is 12.0. The number of hydrogen-bond acceptors (Lipinski definition) is 7. The highest BCUT2D eigenvalue weighted by Gasteiger charge is 2.46. The van der Waals surface area contributed by atoms with Gasteiger partial charge in [0.15, 0.2) is 0 Å². The molecule has 1 aliphatic rings. The van der Waals surface area contributed by atoms with Crippen molar-refractivity contribution in [3.05, 3.63) is 0 Å². The van der Waals surface area contributed by atoms with Crippen LogP contribution in [-0.2, 0) is 19.1 Å². The molecule has 8 atom stereocenters. The quantitative estimate of drug-likeness (QED) is 0.473. The number of esters is 1. The first-order valence-corrected chi connectivity index (χ1v) is 10.5. The number of nitrogens with one attached hydrogen (secondary N) is 1. The first-order valence-electron chi connectivity index (χ1n) is 10.5. The second-order valence-electron chi connectivity index (χ2n) is 9.16. The molecule has 1 heterocycles. The zero-order valence-electron chi connectivity index (χ0n) is 19.1. The number of ether oxygens (including phenoxy) is 2. The maximum Gasteiger partial charge on any atom is 0.316 e. The molecule has 0 aromatic rings. The molecule has 29 heavy (non-hydrogen) atoms. The SMILES string of the molecule is CC[C@H]1OC(=O)[C@H](C)C(=O)C[C@@H](C)[C@](C)(OC)C[C@@H](C)C(=N)[C@H](C)[C@@H](O)[C@]1(C)O. The highest BCUT2D eigenvalue weighted by atomic mass is 16.6. The lowest BCUT2D eigenvalue weighted by Gasteiger charge is -2.41. The van der Waals surface area contributed by atoms with Crippen LogP contribution in [0.15, 0.2) is 0 Å². The Bertz CT molecular complexity index is 618. The molecule has 168 valence electrons. The second-order valence-corrected chi connectivity index (χ2v) is 9.16. The fourth-order valence-corrected chi connectivity index (χ4v) is 4.20. The summed E-state index contributed by atoms with van der Waals surface area (Å²) in [5, 5.41) is 30.5. The van der Waals surface area contributed by atoms with Gasteiger partial charge in [-0.1, -0.05) is 27.7 Å². The molecule has 0 aromatic heterocycles. The minimum absolute atomic E-state index is 0.145. The van der Waals surface area contributed by atoms with Crippen LogP contribution in [0.25, 0.3) is 0 Å². The molecule has 3 N–H and O–H groups in total. The van der Waals surface area contributed by atoms with E-state index in [2.05, 4.69) is 0 Å². The van der Waals surface area contributed by atoms with Gasteiger partial charge < -0.3 is 25.1 Å². The van der Waals surface area contributed by atoms with E-state index in [1.807, 2.05) is 20.8 Å². The highest BCUT2D eigenvalue weighted by Crippen LogP contribution is 2.35. The first kappa shape index (κ1) is 25.7. The van der Waals surface area contributed by atoms with E-state index in [0.717, 1.165) is 0 Å². The summed E-state index contributed by atoms with van der Waals surface area (Å²) in [5.41, 5.74) is -2.17. The van der Waals surface area contributed by atoms with Gasteiger partial charge in [-0.15, -0.1) is 0 Å². The predicted molar refractivity (Wildman–Crippen MR) is 111 cm³/mol. The van der Waals surface area contributed by atoms with Crippen molar-refractivity contribution in [2.75, 3.05) is 7.11 Å². The Morgan fingerprint density at radius 1 is 1.21 bits per heavy atom. The molecule has 0 unspecified atom stereocenters.